The zero-order chi connectivity index (χ0) is 14.6. The highest BCUT2D eigenvalue weighted by Gasteiger charge is 2.20. The van der Waals surface area contributed by atoms with E-state index in [2.05, 4.69) is 4.90 Å². The van der Waals surface area contributed by atoms with Gasteiger partial charge in [0.25, 0.3) is 0 Å². The van der Waals surface area contributed by atoms with E-state index in [9.17, 15) is 13.2 Å². The van der Waals surface area contributed by atoms with Gasteiger partial charge in [0.1, 0.15) is 12.0 Å². The summed E-state index contributed by atoms with van der Waals surface area (Å²) in [6, 6.07) is 5.28. The number of carbonyl (C=O) groups is 1. The molecule has 0 saturated carbocycles. The highest BCUT2D eigenvalue weighted by molar-refractivity contribution is 7.91. The fraction of sp³-hybridized carbons (Fsp3) is 0.500. The lowest BCUT2D eigenvalue weighted by atomic mass is 10.1. The average Bonchev–Trinajstić information content (AvgIpc) is 2.60. The molecule has 0 spiro atoms. The minimum Gasteiger partial charge on any atom is -0.496 e. The molecule has 1 aromatic carbocycles. The van der Waals surface area contributed by atoms with Crippen molar-refractivity contribution in [3.05, 3.63) is 29.3 Å². The summed E-state index contributed by atoms with van der Waals surface area (Å²) in [4.78, 5) is 13.0. The Morgan fingerprint density at radius 1 is 1.30 bits per heavy atom. The number of methoxy groups -OCH3 is 1. The smallest absolute Gasteiger partial charge is 0.151 e. The number of sulfone groups is 1. The van der Waals surface area contributed by atoms with Crippen LogP contribution in [0.25, 0.3) is 0 Å². The molecule has 110 valence electrons. The van der Waals surface area contributed by atoms with E-state index >= 15 is 0 Å². The molecule has 0 bridgehead atoms. The summed E-state index contributed by atoms with van der Waals surface area (Å²) in [5.74, 6) is 1.18. The standard InChI is InChI=1S/C14H19NO4S/c1-19-14-4-3-12(11-16)9-13(14)10-15-5-2-7-20(17,18)8-6-15/h3-4,9,11H,2,5-8,10H2,1H3. The second-order valence-corrected chi connectivity index (χ2v) is 7.27. The van der Waals surface area contributed by atoms with Crippen LogP contribution in [-0.4, -0.2) is 51.3 Å². The lowest BCUT2D eigenvalue weighted by Gasteiger charge is -2.20. The molecule has 0 N–H and O–H groups in total. The van der Waals surface area contributed by atoms with Gasteiger partial charge in [0.15, 0.2) is 9.84 Å². The van der Waals surface area contributed by atoms with E-state index < -0.39 is 9.84 Å². The summed E-state index contributed by atoms with van der Waals surface area (Å²) < 4.78 is 28.5. The molecular weight excluding hydrogens is 278 g/mol. The summed E-state index contributed by atoms with van der Waals surface area (Å²) in [5.41, 5.74) is 1.51. The molecule has 2 rings (SSSR count). The van der Waals surface area contributed by atoms with Crippen LogP contribution >= 0.6 is 0 Å². The maximum absolute atomic E-state index is 11.6. The number of aldehydes is 1. The van der Waals surface area contributed by atoms with Crippen molar-refractivity contribution in [1.82, 2.24) is 4.90 Å². The van der Waals surface area contributed by atoms with Gasteiger partial charge in [-0.2, -0.15) is 0 Å². The van der Waals surface area contributed by atoms with Gasteiger partial charge in [-0.3, -0.25) is 9.69 Å². The van der Waals surface area contributed by atoms with Crippen LogP contribution in [0.5, 0.6) is 5.75 Å². The number of nitrogens with zero attached hydrogens (tertiary/aromatic N) is 1. The Bertz CT molecular complexity index is 583. The maximum atomic E-state index is 11.6. The zero-order valence-electron chi connectivity index (χ0n) is 11.5. The summed E-state index contributed by atoms with van der Waals surface area (Å²) in [6.07, 6.45) is 1.45. The van der Waals surface area contributed by atoms with Crippen molar-refractivity contribution in [1.29, 1.82) is 0 Å². The Morgan fingerprint density at radius 2 is 2.10 bits per heavy atom. The van der Waals surface area contributed by atoms with Crippen LogP contribution in [-0.2, 0) is 16.4 Å². The van der Waals surface area contributed by atoms with Gasteiger partial charge >= 0.3 is 0 Å². The average molecular weight is 297 g/mol. The van der Waals surface area contributed by atoms with Gasteiger partial charge in [-0.05, 0) is 31.2 Å². The predicted molar refractivity (Wildman–Crippen MR) is 76.9 cm³/mol. The molecule has 1 heterocycles. The van der Waals surface area contributed by atoms with Gasteiger partial charge < -0.3 is 4.74 Å². The first-order chi connectivity index (χ1) is 9.54. The lowest BCUT2D eigenvalue weighted by molar-refractivity contribution is 0.112. The third-order valence-electron chi connectivity index (χ3n) is 3.48. The van der Waals surface area contributed by atoms with Crippen LogP contribution in [0.15, 0.2) is 18.2 Å². The molecule has 1 saturated heterocycles. The molecule has 0 amide bonds. The molecule has 0 unspecified atom stereocenters. The molecule has 0 aromatic heterocycles. The van der Waals surface area contributed by atoms with Crippen LogP contribution in [0, 0.1) is 0 Å². The Hall–Kier alpha value is -1.40. The van der Waals surface area contributed by atoms with Gasteiger partial charge in [-0.1, -0.05) is 0 Å². The summed E-state index contributed by atoms with van der Waals surface area (Å²) in [5, 5.41) is 0. The fourth-order valence-electron chi connectivity index (χ4n) is 2.38. The van der Waals surface area contributed by atoms with Crippen molar-refractivity contribution in [3.8, 4) is 5.75 Å². The molecule has 0 radical (unpaired) electrons. The molecule has 0 atom stereocenters. The predicted octanol–water partition coefficient (Wildman–Crippen LogP) is 1.13. The molecule has 5 nitrogen and oxygen atoms in total. The van der Waals surface area contributed by atoms with Crippen LogP contribution in [0.3, 0.4) is 0 Å². The van der Waals surface area contributed by atoms with Gasteiger partial charge in [-0.15, -0.1) is 0 Å². The Balaban J connectivity index is 2.14. The summed E-state index contributed by atoms with van der Waals surface area (Å²) >= 11 is 0. The third kappa shape index (κ3) is 3.80. The van der Waals surface area contributed by atoms with E-state index in [1.807, 2.05) is 0 Å². The van der Waals surface area contributed by atoms with Crippen molar-refractivity contribution in [2.75, 3.05) is 31.7 Å². The highest BCUT2D eigenvalue weighted by atomic mass is 32.2. The number of hydrogen-bond donors (Lipinski definition) is 0. The molecule has 20 heavy (non-hydrogen) atoms. The molecule has 1 aliphatic heterocycles. The number of ether oxygens (including phenoxy) is 1. The number of benzene rings is 1. The van der Waals surface area contributed by atoms with Crippen LogP contribution in [0.1, 0.15) is 22.3 Å². The number of carbonyl (C=O) groups excluding carboxylic acids is 1. The van der Waals surface area contributed by atoms with Gasteiger partial charge in [0.05, 0.1) is 18.6 Å². The second kappa shape index (κ2) is 6.37. The van der Waals surface area contributed by atoms with E-state index in [-0.39, 0.29) is 11.5 Å². The monoisotopic (exact) mass is 297 g/mol. The SMILES string of the molecule is COc1ccc(C=O)cc1CN1CCCS(=O)(=O)CC1. The fourth-order valence-corrected chi connectivity index (χ4v) is 3.69. The summed E-state index contributed by atoms with van der Waals surface area (Å²) in [6.45, 7) is 1.87. The topological polar surface area (TPSA) is 63.7 Å². The molecule has 1 aliphatic rings. The first kappa shape index (κ1) is 15.0. The lowest BCUT2D eigenvalue weighted by Crippen LogP contribution is -2.26. The largest absolute Gasteiger partial charge is 0.496 e. The Labute approximate surface area is 119 Å². The van der Waals surface area contributed by atoms with E-state index in [4.69, 9.17) is 4.74 Å². The second-order valence-electron chi connectivity index (χ2n) is 4.97. The Kier molecular flexibility index (Phi) is 4.77. The van der Waals surface area contributed by atoms with Crippen LogP contribution < -0.4 is 4.74 Å². The van der Waals surface area contributed by atoms with Crippen molar-refractivity contribution >= 4 is 16.1 Å². The molecule has 1 aromatic rings. The Morgan fingerprint density at radius 3 is 2.80 bits per heavy atom. The van der Waals surface area contributed by atoms with Crippen molar-refractivity contribution in [2.24, 2.45) is 0 Å². The first-order valence-corrected chi connectivity index (χ1v) is 8.41. The van der Waals surface area contributed by atoms with E-state index in [0.717, 1.165) is 24.1 Å². The minimum atomic E-state index is -2.90. The van der Waals surface area contributed by atoms with Gasteiger partial charge in [-0.25, -0.2) is 8.42 Å². The molecule has 0 aliphatic carbocycles. The highest BCUT2D eigenvalue weighted by Crippen LogP contribution is 2.22. The quantitative estimate of drug-likeness (QED) is 0.780. The van der Waals surface area contributed by atoms with E-state index in [1.54, 1.807) is 25.3 Å². The molecular formula is C14H19NO4S. The number of rotatable bonds is 4. The zero-order valence-corrected chi connectivity index (χ0v) is 12.4. The third-order valence-corrected chi connectivity index (χ3v) is 5.20. The molecule has 1 fully saturated rings. The van der Waals surface area contributed by atoms with Crippen LogP contribution in [0.4, 0.5) is 0 Å². The summed E-state index contributed by atoms with van der Waals surface area (Å²) in [7, 11) is -1.31. The van der Waals surface area contributed by atoms with Crippen molar-refractivity contribution < 1.29 is 17.9 Å². The van der Waals surface area contributed by atoms with E-state index in [0.29, 0.717) is 25.1 Å². The van der Waals surface area contributed by atoms with Crippen molar-refractivity contribution in [3.63, 3.8) is 0 Å². The van der Waals surface area contributed by atoms with Crippen molar-refractivity contribution in [2.45, 2.75) is 13.0 Å². The molecule has 6 heteroatoms. The van der Waals surface area contributed by atoms with Gasteiger partial charge in [0, 0.05) is 24.2 Å². The van der Waals surface area contributed by atoms with E-state index in [1.165, 1.54) is 0 Å². The van der Waals surface area contributed by atoms with Gasteiger partial charge in [0.2, 0.25) is 0 Å². The first-order valence-electron chi connectivity index (χ1n) is 6.59. The number of hydrogen-bond acceptors (Lipinski definition) is 5. The normalized spacial score (nSPS) is 19.2. The minimum absolute atomic E-state index is 0.197. The van der Waals surface area contributed by atoms with Crippen LogP contribution in [0.2, 0.25) is 0 Å². The maximum Gasteiger partial charge on any atom is 0.151 e.